The predicted molar refractivity (Wildman–Crippen MR) is 108 cm³/mol. The van der Waals surface area contributed by atoms with Crippen molar-refractivity contribution in [2.75, 3.05) is 7.05 Å². The highest BCUT2D eigenvalue weighted by molar-refractivity contribution is 5.69. The lowest BCUT2D eigenvalue weighted by Gasteiger charge is -2.42. The Kier molecular flexibility index (Phi) is 8.51. The van der Waals surface area contributed by atoms with E-state index in [4.69, 9.17) is 4.74 Å². The highest BCUT2D eigenvalue weighted by Gasteiger charge is 2.31. The molecule has 0 aliphatic heterocycles. The molecule has 0 aliphatic rings. The molecule has 146 valence electrons. The number of aliphatic hydroxyl groups is 1. The van der Waals surface area contributed by atoms with Gasteiger partial charge in [0.25, 0.3) is 0 Å². The van der Waals surface area contributed by atoms with Crippen LogP contribution in [0.15, 0.2) is 30.3 Å². The summed E-state index contributed by atoms with van der Waals surface area (Å²) in [4.78, 5) is 13.2. The second-order valence-corrected chi connectivity index (χ2v) is 8.03. The Morgan fingerprint density at radius 1 is 1.27 bits per heavy atom. The fourth-order valence-electron chi connectivity index (χ4n) is 2.99. The molecule has 4 heteroatoms. The van der Waals surface area contributed by atoms with Crippen LogP contribution in [0.1, 0.15) is 59.9 Å². The number of benzene rings is 1. The lowest BCUT2D eigenvalue weighted by molar-refractivity contribution is -0.131. The van der Waals surface area contributed by atoms with Gasteiger partial charge in [0, 0.05) is 18.5 Å². The van der Waals surface area contributed by atoms with Crippen molar-refractivity contribution in [3.05, 3.63) is 35.9 Å². The third kappa shape index (κ3) is 6.93. The molecule has 0 radical (unpaired) electrons. The van der Waals surface area contributed by atoms with Gasteiger partial charge in [-0.2, -0.15) is 0 Å². The van der Waals surface area contributed by atoms with Crippen LogP contribution in [-0.2, 0) is 4.79 Å². The molecule has 1 aromatic rings. The van der Waals surface area contributed by atoms with Crippen molar-refractivity contribution in [2.45, 2.75) is 72.1 Å². The molecular weight excluding hydrogens is 326 g/mol. The zero-order valence-corrected chi connectivity index (χ0v) is 17.3. The van der Waals surface area contributed by atoms with Gasteiger partial charge in [-0.3, -0.25) is 9.69 Å². The van der Waals surface area contributed by atoms with Crippen molar-refractivity contribution >= 4 is 12.0 Å². The molecule has 4 nitrogen and oxygen atoms in total. The first kappa shape index (κ1) is 22.4. The molecule has 0 spiro atoms. The number of carbonyl (C=O) groups excluding carboxylic acids is 1. The van der Waals surface area contributed by atoms with E-state index in [1.807, 2.05) is 18.2 Å². The first-order chi connectivity index (χ1) is 12.1. The Morgan fingerprint density at radius 2 is 1.85 bits per heavy atom. The maximum atomic E-state index is 10.9. The summed E-state index contributed by atoms with van der Waals surface area (Å²) in [5.74, 6) is 0.401. The summed E-state index contributed by atoms with van der Waals surface area (Å²) in [6, 6.07) is 7.53. The topological polar surface area (TPSA) is 49.8 Å². The maximum Gasteiger partial charge on any atom is 0.308 e. The van der Waals surface area contributed by atoms with E-state index in [1.54, 1.807) is 12.1 Å². The average Bonchev–Trinajstić information content (AvgIpc) is 2.55. The molecule has 0 amide bonds. The molecule has 1 rings (SSSR count). The number of likely N-dealkylation sites (N-methyl/N-ethyl adjacent to an activating group) is 1. The van der Waals surface area contributed by atoms with E-state index < -0.39 is 0 Å². The van der Waals surface area contributed by atoms with Gasteiger partial charge in [0.05, 0.1) is 6.10 Å². The number of esters is 1. The number of aliphatic hydroxyl groups excluding tert-OH is 1. The van der Waals surface area contributed by atoms with E-state index in [9.17, 15) is 9.90 Å². The molecule has 0 aromatic heterocycles. The van der Waals surface area contributed by atoms with Gasteiger partial charge in [0.15, 0.2) is 0 Å². The van der Waals surface area contributed by atoms with Crippen molar-refractivity contribution in [3.63, 3.8) is 0 Å². The largest absolute Gasteiger partial charge is 0.427 e. The van der Waals surface area contributed by atoms with Crippen molar-refractivity contribution in [2.24, 2.45) is 5.92 Å². The van der Waals surface area contributed by atoms with E-state index in [0.717, 1.165) is 18.4 Å². The van der Waals surface area contributed by atoms with Crippen LogP contribution >= 0.6 is 0 Å². The van der Waals surface area contributed by atoms with Crippen molar-refractivity contribution in [1.82, 2.24) is 4.90 Å². The second kappa shape index (κ2) is 9.89. The first-order valence-corrected chi connectivity index (χ1v) is 9.42. The average molecular weight is 362 g/mol. The van der Waals surface area contributed by atoms with Crippen LogP contribution in [0.4, 0.5) is 0 Å². The van der Waals surface area contributed by atoms with E-state index in [0.29, 0.717) is 5.75 Å². The Hall–Kier alpha value is -1.65. The minimum atomic E-state index is -0.375. The van der Waals surface area contributed by atoms with Crippen LogP contribution in [0.2, 0.25) is 0 Å². The number of carbonyl (C=O) groups is 1. The minimum absolute atomic E-state index is 0.0287. The maximum absolute atomic E-state index is 10.9. The summed E-state index contributed by atoms with van der Waals surface area (Å²) in [5, 5.41) is 10.8. The number of nitrogens with zero attached hydrogens (tertiary/aromatic N) is 1. The van der Waals surface area contributed by atoms with E-state index in [-0.39, 0.29) is 29.6 Å². The van der Waals surface area contributed by atoms with Crippen LogP contribution in [0, 0.1) is 5.92 Å². The van der Waals surface area contributed by atoms with Crippen LogP contribution in [-0.4, -0.2) is 40.7 Å². The number of allylic oxidation sites excluding steroid dienone is 1. The van der Waals surface area contributed by atoms with Crippen LogP contribution in [0.3, 0.4) is 0 Å². The molecule has 1 unspecified atom stereocenters. The van der Waals surface area contributed by atoms with Gasteiger partial charge in [-0.05, 0) is 64.3 Å². The van der Waals surface area contributed by atoms with Gasteiger partial charge in [0.1, 0.15) is 5.75 Å². The number of hydrogen-bond donors (Lipinski definition) is 1. The Balaban J connectivity index is 2.64. The van der Waals surface area contributed by atoms with Gasteiger partial charge in [-0.1, -0.05) is 38.1 Å². The second-order valence-electron chi connectivity index (χ2n) is 8.03. The van der Waals surface area contributed by atoms with E-state index in [1.165, 1.54) is 6.92 Å². The van der Waals surface area contributed by atoms with Gasteiger partial charge in [0.2, 0.25) is 0 Å². The smallest absolute Gasteiger partial charge is 0.308 e. The van der Waals surface area contributed by atoms with Crippen LogP contribution in [0.25, 0.3) is 6.08 Å². The first-order valence-electron chi connectivity index (χ1n) is 9.42. The number of rotatable bonds is 8. The van der Waals surface area contributed by atoms with Crippen LogP contribution in [0.5, 0.6) is 5.75 Å². The number of ether oxygens (including phenoxy) is 1. The molecule has 0 heterocycles. The minimum Gasteiger partial charge on any atom is -0.427 e. The standard InChI is InChI=1S/C22H35NO3/c1-8-20(23(7)22(4,5)6)21(25)16(2)10-9-11-18-12-14-19(15-13-18)26-17(3)24/h9,11-16,20-21,25H,8,10H2,1-7H3/b11-9+/t16-,20?,21-/m1/s1. The molecule has 0 saturated carbocycles. The highest BCUT2D eigenvalue weighted by Crippen LogP contribution is 2.24. The summed E-state index contributed by atoms with van der Waals surface area (Å²) in [6.07, 6.45) is 5.48. The van der Waals surface area contributed by atoms with Gasteiger partial charge in [-0.25, -0.2) is 0 Å². The van der Waals surface area contributed by atoms with E-state index >= 15 is 0 Å². The zero-order chi connectivity index (χ0) is 19.9. The number of hydrogen-bond acceptors (Lipinski definition) is 4. The summed E-state index contributed by atoms with van der Waals surface area (Å²) >= 11 is 0. The fraction of sp³-hybridized carbons (Fsp3) is 0.591. The Bertz CT molecular complexity index is 586. The van der Waals surface area contributed by atoms with E-state index in [2.05, 4.69) is 52.6 Å². The molecule has 0 fully saturated rings. The predicted octanol–water partition coefficient (Wildman–Crippen LogP) is 4.52. The third-order valence-electron chi connectivity index (χ3n) is 4.91. The third-order valence-corrected chi connectivity index (χ3v) is 4.91. The van der Waals surface area contributed by atoms with Crippen molar-refractivity contribution in [3.8, 4) is 5.75 Å². The fourth-order valence-corrected chi connectivity index (χ4v) is 2.99. The SMILES string of the molecule is CCC([C@H](O)[C@H](C)C/C=C/c1ccc(OC(C)=O)cc1)N(C)C(C)(C)C. The summed E-state index contributed by atoms with van der Waals surface area (Å²) < 4.78 is 5.03. The molecule has 0 saturated heterocycles. The molecule has 3 atom stereocenters. The highest BCUT2D eigenvalue weighted by atomic mass is 16.5. The summed E-state index contributed by atoms with van der Waals surface area (Å²) in [7, 11) is 2.09. The van der Waals surface area contributed by atoms with Crippen LogP contribution < -0.4 is 4.74 Å². The van der Waals surface area contributed by atoms with Crippen molar-refractivity contribution < 1.29 is 14.6 Å². The molecule has 1 N–H and O–H groups in total. The summed E-state index contributed by atoms with van der Waals surface area (Å²) in [5.41, 5.74) is 1.07. The molecule has 26 heavy (non-hydrogen) atoms. The Labute approximate surface area is 158 Å². The van der Waals surface area contributed by atoms with Gasteiger partial charge < -0.3 is 9.84 Å². The molecule has 1 aromatic carbocycles. The van der Waals surface area contributed by atoms with Gasteiger partial charge in [-0.15, -0.1) is 0 Å². The summed E-state index contributed by atoms with van der Waals surface area (Å²) in [6.45, 7) is 12.1. The normalized spacial score (nSPS) is 15.9. The zero-order valence-electron chi connectivity index (χ0n) is 17.3. The van der Waals surface area contributed by atoms with Crippen molar-refractivity contribution in [1.29, 1.82) is 0 Å². The quantitative estimate of drug-likeness (QED) is 0.546. The molecule has 0 aliphatic carbocycles. The lowest BCUT2D eigenvalue weighted by atomic mass is 9.90. The molecular formula is C22H35NO3. The Morgan fingerprint density at radius 3 is 2.31 bits per heavy atom. The lowest BCUT2D eigenvalue weighted by Crippen LogP contribution is -2.51. The van der Waals surface area contributed by atoms with Gasteiger partial charge >= 0.3 is 5.97 Å². The molecule has 0 bridgehead atoms. The monoisotopic (exact) mass is 361 g/mol.